The average molecular weight is 443 g/mol. The van der Waals surface area contributed by atoms with Crippen LogP contribution in [0.1, 0.15) is 28.2 Å². The molecule has 0 bridgehead atoms. The number of hydrogen-bond acceptors (Lipinski definition) is 4. The molecule has 2 aromatic heterocycles. The third-order valence-electron chi connectivity index (χ3n) is 5.66. The highest BCUT2D eigenvalue weighted by Crippen LogP contribution is 2.20. The first-order valence-electron chi connectivity index (χ1n) is 11.0. The van der Waals surface area contributed by atoms with Crippen LogP contribution in [0.25, 0.3) is 11.4 Å². The van der Waals surface area contributed by atoms with Crippen LogP contribution in [0.4, 0.5) is 5.82 Å². The number of hydrogen-bond donors (Lipinski definition) is 1. The van der Waals surface area contributed by atoms with Gasteiger partial charge in [-0.15, -0.1) is 0 Å². The van der Waals surface area contributed by atoms with Crippen molar-refractivity contribution in [3.63, 3.8) is 0 Å². The van der Waals surface area contributed by atoms with Gasteiger partial charge in [-0.3, -0.25) is 9.69 Å². The minimum atomic E-state index is -0.0866. The topological polar surface area (TPSA) is 68.0 Å². The van der Waals surface area contributed by atoms with Crippen molar-refractivity contribution in [1.82, 2.24) is 24.5 Å². The van der Waals surface area contributed by atoms with Crippen molar-refractivity contribution in [2.24, 2.45) is 0 Å². The summed E-state index contributed by atoms with van der Waals surface area (Å²) in [5.41, 5.74) is 7.15. The average Bonchev–Trinajstić information content (AvgIpc) is 3.28. The number of aryl methyl sites for hydroxylation is 3. The standard InChI is InChI=1S/C26H30N6O/c1-18-11-13-23(14-12-18)32-25(15-19(2)28-32)27-26(33)17-30(5)16-24-20(3)29-31(21(24)4)22-9-7-6-8-10-22/h6-15H,16-17H2,1-5H3,(H,27,33). The molecule has 33 heavy (non-hydrogen) atoms. The number of carbonyl (C=O) groups excluding carboxylic acids is 1. The van der Waals surface area contributed by atoms with E-state index in [0.29, 0.717) is 12.4 Å². The number of carbonyl (C=O) groups is 1. The molecule has 0 spiro atoms. The summed E-state index contributed by atoms with van der Waals surface area (Å²) in [6.07, 6.45) is 0. The summed E-state index contributed by atoms with van der Waals surface area (Å²) in [4.78, 5) is 14.8. The molecule has 0 aliphatic heterocycles. The Morgan fingerprint density at radius 1 is 0.909 bits per heavy atom. The van der Waals surface area contributed by atoms with Gasteiger partial charge in [0.25, 0.3) is 0 Å². The van der Waals surface area contributed by atoms with E-state index in [1.165, 1.54) is 5.56 Å². The van der Waals surface area contributed by atoms with Gasteiger partial charge < -0.3 is 5.32 Å². The number of amides is 1. The maximum absolute atomic E-state index is 12.8. The second kappa shape index (κ2) is 9.42. The van der Waals surface area contributed by atoms with Crippen LogP contribution in [0, 0.1) is 27.7 Å². The predicted octanol–water partition coefficient (Wildman–Crippen LogP) is 4.36. The molecule has 7 nitrogen and oxygen atoms in total. The lowest BCUT2D eigenvalue weighted by atomic mass is 10.2. The molecule has 0 aliphatic rings. The molecule has 7 heteroatoms. The fourth-order valence-corrected chi connectivity index (χ4v) is 3.95. The second-order valence-electron chi connectivity index (χ2n) is 8.54. The number of nitrogens with one attached hydrogen (secondary N) is 1. The van der Waals surface area contributed by atoms with Crippen molar-refractivity contribution in [3.8, 4) is 11.4 Å². The van der Waals surface area contributed by atoms with E-state index in [9.17, 15) is 4.79 Å². The van der Waals surface area contributed by atoms with Crippen molar-refractivity contribution in [2.45, 2.75) is 34.2 Å². The van der Waals surface area contributed by atoms with Crippen LogP contribution in [0.2, 0.25) is 0 Å². The molecular formula is C26H30N6O. The Balaban J connectivity index is 1.44. The smallest absolute Gasteiger partial charge is 0.239 e. The van der Waals surface area contributed by atoms with E-state index < -0.39 is 0 Å². The molecule has 2 aromatic carbocycles. The third-order valence-corrected chi connectivity index (χ3v) is 5.66. The molecule has 0 unspecified atom stereocenters. The Labute approximate surface area is 194 Å². The van der Waals surface area contributed by atoms with Crippen LogP contribution in [-0.2, 0) is 11.3 Å². The Kier molecular flexibility index (Phi) is 6.42. The molecule has 1 N–H and O–H groups in total. The zero-order valence-corrected chi connectivity index (χ0v) is 19.8. The zero-order chi connectivity index (χ0) is 23.5. The van der Waals surface area contributed by atoms with Gasteiger partial charge in [-0.1, -0.05) is 35.9 Å². The van der Waals surface area contributed by atoms with Crippen LogP contribution >= 0.6 is 0 Å². The van der Waals surface area contributed by atoms with Gasteiger partial charge in [-0.25, -0.2) is 9.36 Å². The number of para-hydroxylation sites is 1. The van der Waals surface area contributed by atoms with Gasteiger partial charge in [-0.05, 0) is 59.0 Å². The SMILES string of the molecule is Cc1ccc(-n2nc(C)cc2NC(=O)CN(C)Cc2c(C)nn(-c3ccccc3)c2C)cc1. The summed E-state index contributed by atoms with van der Waals surface area (Å²) in [5, 5.41) is 12.3. The van der Waals surface area contributed by atoms with Crippen molar-refractivity contribution in [3.05, 3.63) is 88.9 Å². The number of anilines is 1. The Morgan fingerprint density at radius 2 is 1.58 bits per heavy atom. The Hall–Kier alpha value is -3.71. The molecule has 1 amide bonds. The van der Waals surface area contributed by atoms with Gasteiger partial charge in [0.15, 0.2) is 0 Å². The number of rotatable bonds is 7. The van der Waals surface area contributed by atoms with Gasteiger partial charge in [0.2, 0.25) is 5.91 Å². The fourth-order valence-electron chi connectivity index (χ4n) is 3.95. The summed E-state index contributed by atoms with van der Waals surface area (Å²) in [6.45, 7) is 8.94. The molecule has 0 saturated heterocycles. The van der Waals surface area contributed by atoms with Crippen molar-refractivity contribution in [2.75, 3.05) is 18.9 Å². The van der Waals surface area contributed by atoms with Crippen molar-refractivity contribution in [1.29, 1.82) is 0 Å². The van der Waals surface area contributed by atoms with Crippen LogP contribution in [0.15, 0.2) is 60.7 Å². The molecule has 0 atom stereocenters. The fraction of sp³-hybridized carbons (Fsp3) is 0.269. The zero-order valence-electron chi connectivity index (χ0n) is 19.8. The first kappa shape index (κ1) is 22.5. The van der Waals surface area contributed by atoms with Gasteiger partial charge in [0.1, 0.15) is 5.82 Å². The lowest BCUT2D eigenvalue weighted by Crippen LogP contribution is -2.30. The van der Waals surface area contributed by atoms with Gasteiger partial charge in [-0.2, -0.15) is 10.2 Å². The summed E-state index contributed by atoms with van der Waals surface area (Å²) < 4.78 is 3.73. The summed E-state index contributed by atoms with van der Waals surface area (Å²) >= 11 is 0. The first-order chi connectivity index (χ1) is 15.8. The molecular weight excluding hydrogens is 412 g/mol. The minimum absolute atomic E-state index is 0.0866. The van der Waals surface area contributed by atoms with Crippen molar-refractivity contribution < 1.29 is 4.79 Å². The summed E-state index contributed by atoms with van der Waals surface area (Å²) in [5.74, 6) is 0.579. The molecule has 170 valence electrons. The molecule has 0 aliphatic carbocycles. The van der Waals surface area contributed by atoms with Crippen LogP contribution < -0.4 is 5.32 Å². The Bertz CT molecular complexity index is 1250. The highest BCUT2D eigenvalue weighted by Gasteiger charge is 2.17. The van der Waals surface area contributed by atoms with E-state index in [2.05, 4.69) is 17.3 Å². The number of benzene rings is 2. The third kappa shape index (κ3) is 5.04. The number of likely N-dealkylation sites (N-methyl/N-ethyl adjacent to an activating group) is 1. The summed E-state index contributed by atoms with van der Waals surface area (Å²) in [7, 11) is 1.95. The minimum Gasteiger partial charge on any atom is -0.309 e. The molecule has 4 rings (SSSR count). The van der Waals surface area contributed by atoms with E-state index in [1.54, 1.807) is 4.68 Å². The van der Waals surface area contributed by atoms with Crippen LogP contribution in [-0.4, -0.2) is 44.0 Å². The maximum atomic E-state index is 12.8. The van der Waals surface area contributed by atoms with E-state index >= 15 is 0 Å². The second-order valence-corrected chi connectivity index (χ2v) is 8.54. The Morgan fingerprint density at radius 3 is 2.27 bits per heavy atom. The quantitative estimate of drug-likeness (QED) is 0.462. The molecule has 4 aromatic rings. The van der Waals surface area contributed by atoms with E-state index in [1.807, 2.05) is 98.1 Å². The van der Waals surface area contributed by atoms with Gasteiger partial charge in [0, 0.05) is 23.9 Å². The van der Waals surface area contributed by atoms with E-state index in [0.717, 1.165) is 34.0 Å². The highest BCUT2D eigenvalue weighted by atomic mass is 16.2. The van der Waals surface area contributed by atoms with E-state index in [4.69, 9.17) is 5.10 Å². The normalized spacial score (nSPS) is 11.2. The summed E-state index contributed by atoms with van der Waals surface area (Å²) in [6, 6.07) is 20.0. The molecule has 2 heterocycles. The van der Waals surface area contributed by atoms with Gasteiger partial charge >= 0.3 is 0 Å². The van der Waals surface area contributed by atoms with Gasteiger partial charge in [0.05, 0.1) is 29.3 Å². The molecule has 0 saturated carbocycles. The number of nitrogens with zero attached hydrogens (tertiary/aromatic N) is 5. The largest absolute Gasteiger partial charge is 0.309 e. The van der Waals surface area contributed by atoms with Crippen LogP contribution in [0.5, 0.6) is 0 Å². The monoisotopic (exact) mass is 442 g/mol. The predicted molar refractivity (Wildman–Crippen MR) is 131 cm³/mol. The first-order valence-corrected chi connectivity index (χ1v) is 11.0. The lowest BCUT2D eigenvalue weighted by Gasteiger charge is -2.17. The van der Waals surface area contributed by atoms with Crippen LogP contribution in [0.3, 0.4) is 0 Å². The molecule has 0 fully saturated rings. The maximum Gasteiger partial charge on any atom is 0.239 e. The lowest BCUT2D eigenvalue weighted by molar-refractivity contribution is -0.117. The van der Waals surface area contributed by atoms with Crippen molar-refractivity contribution >= 4 is 11.7 Å². The highest BCUT2D eigenvalue weighted by molar-refractivity contribution is 5.91. The number of aromatic nitrogens is 4. The molecule has 0 radical (unpaired) electrons. The van der Waals surface area contributed by atoms with E-state index in [-0.39, 0.29) is 12.5 Å².